The number of hydrogen-bond donors (Lipinski definition) is 2. The lowest BCUT2D eigenvalue weighted by Gasteiger charge is -2.22. The third-order valence-corrected chi connectivity index (χ3v) is 3.95. The van der Waals surface area contributed by atoms with Crippen LogP contribution in [-0.2, 0) is 4.74 Å². The summed E-state index contributed by atoms with van der Waals surface area (Å²) >= 11 is 1.49. The number of thioether (sulfide) groups is 1. The van der Waals surface area contributed by atoms with Crippen molar-refractivity contribution in [1.29, 1.82) is 0 Å². The van der Waals surface area contributed by atoms with E-state index in [0.717, 1.165) is 5.03 Å². The van der Waals surface area contributed by atoms with Gasteiger partial charge >= 0.3 is 0 Å². The summed E-state index contributed by atoms with van der Waals surface area (Å²) in [6.07, 6.45) is 3.82. The molecule has 0 amide bonds. The van der Waals surface area contributed by atoms with Crippen molar-refractivity contribution in [3.8, 4) is 11.5 Å². The molecule has 1 fully saturated rings. The van der Waals surface area contributed by atoms with E-state index in [-0.39, 0.29) is 12.7 Å². The van der Waals surface area contributed by atoms with Crippen molar-refractivity contribution in [3.63, 3.8) is 0 Å². The maximum Gasteiger partial charge on any atom is 0.183 e. The molecule has 8 heteroatoms. The van der Waals surface area contributed by atoms with Crippen LogP contribution in [0.2, 0.25) is 0 Å². The number of aliphatic hydroxyl groups excluding tert-OH is 2. The molecule has 3 heterocycles. The number of imidazole rings is 1. The molecule has 3 rings (SSSR count). The van der Waals surface area contributed by atoms with Crippen molar-refractivity contribution < 1.29 is 14.9 Å². The Bertz CT molecular complexity index is 549. The molecule has 0 unspecified atom stereocenters. The van der Waals surface area contributed by atoms with E-state index < -0.39 is 12.3 Å². The Morgan fingerprint density at radius 1 is 1.47 bits per heavy atom. The van der Waals surface area contributed by atoms with Crippen LogP contribution < -0.4 is 0 Å². The minimum atomic E-state index is -0.671. The molecule has 0 bridgehead atoms. The van der Waals surface area contributed by atoms with Gasteiger partial charge < -0.3 is 14.9 Å². The standard InChI is InChI=1S/C11H14N4O3S/c1-19-11-8-9(13-4-12-8)14-5-15(11)10-7(17)2-6(3-16)18-10/h4-7,10,16-17H,2-3H2,1H3/t6-,7+,10+/m0/s1. The molecule has 0 spiro atoms. The highest BCUT2D eigenvalue weighted by atomic mass is 32.2. The number of aliphatic hydroxyl groups is 2. The third kappa shape index (κ3) is 2.10. The van der Waals surface area contributed by atoms with Gasteiger partial charge in [-0.3, -0.25) is 4.57 Å². The molecule has 0 aromatic rings. The summed E-state index contributed by atoms with van der Waals surface area (Å²) < 4.78 is 7.39. The summed E-state index contributed by atoms with van der Waals surface area (Å²) in [6.45, 7) is -0.103. The minimum absolute atomic E-state index is 0.103. The predicted molar refractivity (Wildman–Crippen MR) is 67.8 cm³/mol. The second-order valence-electron chi connectivity index (χ2n) is 4.34. The van der Waals surface area contributed by atoms with Gasteiger partial charge in [-0.15, -0.1) is 11.8 Å². The van der Waals surface area contributed by atoms with Gasteiger partial charge in [0, 0.05) is 6.42 Å². The number of fused-ring (bicyclic) bond motifs is 1. The van der Waals surface area contributed by atoms with Crippen LogP contribution in [0.15, 0.2) is 17.7 Å². The molecular weight excluding hydrogens is 268 g/mol. The van der Waals surface area contributed by atoms with E-state index in [1.54, 1.807) is 10.9 Å². The summed E-state index contributed by atoms with van der Waals surface area (Å²) in [4.78, 5) is 12.4. The largest absolute Gasteiger partial charge is 0.394 e. The summed E-state index contributed by atoms with van der Waals surface area (Å²) in [5.74, 6) is 0.576. The zero-order valence-corrected chi connectivity index (χ0v) is 11.1. The molecule has 102 valence electrons. The molecule has 2 N–H and O–H groups in total. The molecule has 0 aromatic heterocycles. The first-order valence-electron chi connectivity index (χ1n) is 5.90. The maximum absolute atomic E-state index is 10.1. The third-order valence-electron chi connectivity index (χ3n) is 3.16. The van der Waals surface area contributed by atoms with E-state index in [2.05, 4.69) is 15.0 Å². The lowest BCUT2D eigenvalue weighted by atomic mass is 10.2. The lowest BCUT2D eigenvalue weighted by molar-refractivity contribution is -0.0554. The monoisotopic (exact) mass is 282 g/mol. The van der Waals surface area contributed by atoms with Gasteiger partial charge in [-0.1, -0.05) is 0 Å². The van der Waals surface area contributed by atoms with Crippen LogP contribution in [0.4, 0.5) is 0 Å². The molecule has 0 saturated carbocycles. The normalized spacial score (nSPS) is 27.2. The molecule has 3 atom stereocenters. The van der Waals surface area contributed by atoms with Crippen LogP contribution in [-0.4, -0.2) is 54.8 Å². The quantitative estimate of drug-likeness (QED) is 0.611. The fraction of sp³-hybridized carbons (Fsp3) is 0.545. The van der Waals surface area contributed by atoms with Gasteiger partial charge in [0.15, 0.2) is 12.1 Å². The molecule has 3 aliphatic heterocycles. The van der Waals surface area contributed by atoms with Crippen LogP contribution in [0.3, 0.4) is 0 Å². The van der Waals surface area contributed by atoms with Crippen molar-refractivity contribution >= 4 is 11.8 Å². The van der Waals surface area contributed by atoms with Crippen molar-refractivity contribution in [2.24, 2.45) is 0 Å². The first kappa shape index (κ1) is 12.8. The van der Waals surface area contributed by atoms with Gasteiger partial charge in [-0.25, -0.2) is 15.0 Å². The van der Waals surface area contributed by atoms with Gasteiger partial charge in [0.1, 0.15) is 29.5 Å². The first-order chi connectivity index (χ1) is 9.24. The molecule has 3 aliphatic rings. The van der Waals surface area contributed by atoms with E-state index in [1.807, 2.05) is 6.26 Å². The van der Waals surface area contributed by atoms with Crippen molar-refractivity contribution in [2.75, 3.05) is 12.9 Å². The second-order valence-corrected chi connectivity index (χ2v) is 5.14. The number of rotatable bonds is 3. The summed E-state index contributed by atoms with van der Waals surface area (Å²) in [7, 11) is 0. The Labute approximate surface area is 114 Å². The van der Waals surface area contributed by atoms with Gasteiger partial charge in [0.05, 0.1) is 12.7 Å². The summed E-state index contributed by atoms with van der Waals surface area (Å²) in [5, 5.41) is 20.0. The summed E-state index contributed by atoms with van der Waals surface area (Å²) in [5.41, 5.74) is 0.693. The topological polar surface area (TPSA) is 93.3 Å². The van der Waals surface area contributed by atoms with Gasteiger partial charge in [-0.2, -0.15) is 0 Å². The number of hydrogen-bond acceptors (Lipinski definition) is 7. The van der Waals surface area contributed by atoms with E-state index in [9.17, 15) is 5.11 Å². The smallest absolute Gasteiger partial charge is 0.183 e. The van der Waals surface area contributed by atoms with Crippen LogP contribution >= 0.6 is 11.8 Å². The van der Waals surface area contributed by atoms with Crippen molar-refractivity contribution in [1.82, 2.24) is 19.5 Å². The number of aromatic nitrogens is 4. The summed E-state index contributed by atoms with van der Waals surface area (Å²) in [6, 6.07) is 0. The highest BCUT2D eigenvalue weighted by Crippen LogP contribution is 2.35. The number of nitrogens with zero attached hydrogens (tertiary/aromatic N) is 4. The SMILES string of the molecule is CSc1c2ncnc-2ncn1[C@@H]1O[C@H](CO)C[C@H]1O. The lowest BCUT2D eigenvalue weighted by Crippen LogP contribution is -2.22. The van der Waals surface area contributed by atoms with Gasteiger partial charge in [0.2, 0.25) is 0 Å². The average Bonchev–Trinajstić information content (AvgIpc) is 3.03. The van der Waals surface area contributed by atoms with E-state index >= 15 is 0 Å². The molecule has 0 radical (unpaired) electrons. The predicted octanol–water partition coefficient (Wildman–Crippen LogP) is 0.140. The average molecular weight is 282 g/mol. The van der Waals surface area contributed by atoms with Crippen LogP contribution in [0.25, 0.3) is 11.5 Å². The highest BCUT2D eigenvalue weighted by Gasteiger charge is 2.36. The van der Waals surface area contributed by atoms with E-state index in [4.69, 9.17) is 9.84 Å². The van der Waals surface area contributed by atoms with Crippen LogP contribution in [0.5, 0.6) is 0 Å². The van der Waals surface area contributed by atoms with Crippen LogP contribution in [0.1, 0.15) is 12.6 Å². The molecular formula is C11H14N4O3S. The van der Waals surface area contributed by atoms with Crippen molar-refractivity contribution in [2.45, 2.75) is 29.9 Å². The Morgan fingerprint density at radius 2 is 2.32 bits per heavy atom. The highest BCUT2D eigenvalue weighted by molar-refractivity contribution is 7.98. The van der Waals surface area contributed by atoms with E-state index in [1.165, 1.54) is 18.1 Å². The fourth-order valence-electron chi connectivity index (χ4n) is 2.28. The minimum Gasteiger partial charge on any atom is -0.394 e. The Balaban J connectivity index is 2.03. The molecule has 19 heavy (non-hydrogen) atoms. The van der Waals surface area contributed by atoms with Gasteiger partial charge in [0.25, 0.3) is 0 Å². The van der Waals surface area contributed by atoms with Crippen LogP contribution in [0, 0.1) is 0 Å². The molecule has 0 aliphatic carbocycles. The molecule has 7 nitrogen and oxygen atoms in total. The maximum atomic E-state index is 10.1. The zero-order chi connectivity index (χ0) is 13.4. The van der Waals surface area contributed by atoms with E-state index in [0.29, 0.717) is 17.9 Å². The second kappa shape index (κ2) is 5.04. The van der Waals surface area contributed by atoms with Crippen molar-refractivity contribution in [3.05, 3.63) is 12.7 Å². The first-order valence-corrected chi connectivity index (χ1v) is 7.13. The van der Waals surface area contributed by atoms with Gasteiger partial charge in [-0.05, 0) is 6.26 Å². The Hall–Kier alpha value is -1.22. The Morgan fingerprint density at radius 3 is 3.00 bits per heavy atom. The fourth-order valence-corrected chi connectivity index (χ4v) is 2.98. The molecule has 1 saturated heterocycles. The Kier molecular flexibility index (Phi) is 3.40. The number of ether oxygens (including phenoxy) is 1. The molecule has 0 aromatic carbocycles. The zero-order valence-electron chi connectivity index (χ0n) is 10.3.